The molecule has 1 fully saturated rings. The maximum absolute atomic E-state index is 16.6. The molecule has 0 aliphatic carbocycles. The summed E-state index contributed by atoms with van der Waals surface area (Å²) in [4.78, 5) is 19.4. The normalized spacial score (nSPS) is 16.4. The van der Waals surface area contributed by atoms with Gasteiger partial charge in [-0.05, 0) is 88.4 Å². The van der Waals surface area contributed by atoms with Gasteiger partial charge >= 0.3 is 0 Å². The second-order valence-electron chi connectivity index (χ2n) is 10.5. The molecule has 3 heterocycles. The molecule has 0 amide bonds. The molecule has 2 N–H and O–H groups in total. The summed E-state index contributed by atoms with van der Waals surface area (Å²) in [5.74, 6) is -0.218. The quantitative estimate of drug-likeness (QED) is 0.397. The third-order valence-electron chi connectivity index (χ3n) is 7.64. The molecule has 2 aromatic heterocycles. The summed E-state index contributed by atoms with van der Waals surface area (Å²) in [5, 5.41) is 20.8. The Balaban J connectivity index is 1.77. The Hall–Kier alpha value is -3.21. The lowest BCUT2D eigenvalue weighted by Crippen LogP contribution is -2.37. The zero-order valence-corrected chi connectivity index (χ0v) is 21.4. The number of aromatic nitrogens is 2. The van der Waals surface area contributed by atoms with Crippen molar-refractivity contribution in [1.29, 1.82) is 5.26 Å². The third-order valence-corrected chi connectivity index (χ3v) is 7.64. The van der Waals surface area contributed by atoms with Crippen molar-refractivity contribution in [3.05, 3.63) is 57.0 Å². The highest BCUT2D eigenvalue weighted by atomic mass is 19.1. The van der Waals surface area contributed by atoms with Crippen LogP contribution in [0.25, 0.3) is 32.8 Å². The fourth-order valence-electron chi connectivity index (χ4n) is 6.05. The van der Waals surface area contributed by atoms with E-state index in [4.69, 9.17) is 0 Å². The first-order chi connectivity index (χ1) is 17.2. The number of aliphatic hydroxyl groups excluding tert-OH is 1. The molecule has 1 atom stereocenters. The fraction of sp³-hybridized carbons (Fsp3) is 0.448. The van der Waals surface area contributed by atoms with Crippen LogP contribution in [0, 0.1) is 17.1 Å². The first-order valence-corrected chi connectivity index (χ1v) is 12.9. The largest absolute Gasteiger partial charge is 0.392 e. The molecular weight excluding hydrogens is 455 g/mol. The minimum absolute atomic E-state index is 0.0712. The van der Waals surface area contributed by atoms with Crippen LogP contribution in [0.15, 0.2) is 29.1 Å². The number of nitrogens with zero attached hydrogens (tertiary/aromatic N) is 3. The molecule has 0 radical (unpaired) electrons. The van der Waals surface area contributed by atoms with E-state index < -0.39 is 0 Å². The lowest BCUT2D eigenvalue weighted by atomic mass is 9.84. The van der Waals surface area contributed by atoms with Crippen molar-refractivity contribution in [2.45, 2.75) is 65.0 Å². The molecular formula is C29H33FN4O2. The monoisotopic (exact) mass is 488 g/mol. The molecule has 0 saturated carbocycles. The number of hydrogen-bond acceptors (Lipinski definition) is 4. The van der Waals surface area contributed by atoms with Crippen LogP contribution in [-0.2, 0) is 6.42 Å². The second-order valence-corrected chi connectivity index (χ2v) is 10.5. The first kappa shape index (κ1) is 24.5. The number of hydrogen-bond donors (Lipinski definition) is 2. The van der Waals surface area contributed by atoms with Gasteiger partial charge in [-0.15, -0.1) is 0 Å². The average molecular weight is 489 g/mol. The molecule has 7 heteroatoms. The molecule has 5 rings (SSSR count). The molecule has 188 valence electrons. The van der Waals surface area contributed by atoms with E-state index in [2.05, 4.69) is 16.0 Å². The minimum atomic E-state index is -0.381. The lowest BCUT2D eigenvalue weighted by Gasteiger charge is -2.34. The van der Waals surface area contributed by atoms with Gasteiger partial charge in [-0.2, -0.15) is 5.26 Å². The predicted octanol–water partition coefficient (Wildman–Crippen LogP) is 5.35. The molecule has 1 unspecified atom stereocenters. The number of aromatic amines is 1. The molecule has 2 aromatic carbocycles. The van der Waals surface area contributed by atoms with Crippen LogP contribution in [0.4, 0.5) is 4.39 Å². The zero-order valence-electron chi connectivity index (χ0n) is 21.4. The van der Waals surface area contributed by atoms with Gasteiger partial charge in [-0.25, -0.2) is 4.39 Å². The van der Waals surface area contributed by atoms with Crippen molar-refractivity contribution in [2.75, 3.05) is 19.6 Å². The van der Waals surface area contributed by atoms with Gasteiger partial charge in [0.15, 0.2) is 11.2 Å². The number of rotatable bonds is 5. The third kappa shape index (κ3) is 3.89. The van der Waals surface area contributed by atoms with Gasteiger partial charge in [0.25, 0.3) is 0 Å². The summed E-state index contributed by atoms with van der Waals surface area (Å²) in [6.45, 7) is 10.1. The van der Waals surface area contributed by atoms with E-state index in [1.54, 1.807) is 25.1 Å². The van der Waals surface area contributed by atoms with Crippen LogP contribution in [0.2, 0.25) is 0 Å². The SMILES string of the molecule is CCc1cc2c(=O)c3c4ccc(C#N)cc4[nH]c3n(C(C)C)c2c(F)c1C1CCN(CC(C)O)CC1. The number of H-pyrrole nitrogens is 1. The number of nitriles is 1. The topological polar surface area (TPSA) is 85.0 Å². The number of benzene rings is 2. The number of pyridine rings is 1. The predicted molar refractivity (Wildman–Crippen MR) is 142 cm³/mol. The highest BCUT2D eigenvalue weighted by Gasteiger charge is 2.29. The van der Waals surface area contributed by atoms with Gasteiger partial charge in [0.1, 0.15) is 5.65 Å². The van der Waals surface area contributed by atoms with Crippen molar-refractivity contribution in [3.63, 3.8) is 0 Å². The van der Waals surface area contributed by atoms with E-state index in [-0.39, 0.29) is 29.3 Å². The molecule has 6 nitrogen and oxygen atoms in total. The summed E-state index contributed by atoms with van der Waals surface area (Å²) in [6.07, 6.45) is 1.90. The number of aliphatic hydroxyl groups is 1. The van der Waals surface area contributed by atoms with E-state index in [1.165, 1.54) is 0 Å². The average Bonchev–Trinajstić information content (AvgIpc) is 3.23. The number of β-amino-alcohol motifs (C(OH)–C–C–N with tert-alkyl or cyclic N) is 1. The Bertz CT molecular complexity index is 1570. The van der Waals surface area contributed by atoms with Crippen molar-refractivity contribution < 1.29 is 9.50 Å². The number of likely N-dealkylation sites (tertiary alicyclic amines) is 1. The second kappa shape index (κ2) is 9.34. The fourth-order valence-corrected chi connectivity index (χ4v) is 6.05. The van der Waals surface area contributed by atoms with Gasteiger partial charge in [-0.1, -0.05) is 13.0 Å². The Morgan fingerprint density at radius 1 is 1.19 bits per heavy atom. The summed E-state index contributed by atoms with van der Waals surface area (Å²) >= 11 is 0. The standard InChI is InChI=1S/C29H33FN4O2/c1-5-19-13-22-27(26(30)24(19)20-8-10-33(11-9-20)15-17(4)35)34(16(2)3)29-25(28(22)36)21-7-6-18(14-31)12-23(21)32-29/h6-7,12-13,16-17,20,32,35H,5,8-11,15H2,1-4H3. The maximum Gasteiger partial charge on any atom is 0.199 e. The number of piperidine rings is 1. The number of aryl methyl sites for hydroxylation is 1. The highest BCUT2D eigenvalue weighted by Crippen LogP contribution is 2.38. The maximum atomic E-state index is 16.6. The van der Waals surface area contributed by atoms with Crippen molar-refractivity contribution >= 4 is 32.8 Å². The Kier molecular flexibility index (Phi) is 6.36. The molecule has 1 aliphatic heterocycles. The highest BCUT2D eigenvalue weighted by molar-refractivity contribution is 6.10. The lowest BCUT2D eigenvalue weighted by molar-refractivity contribution is 0.109. The molecule has 36 heavy (non-hydrogen) atoms. The van der Waals surface area contributed by atoms with Gasteiger partial charge in [0, 0.05) is 28.9 Å². The number of nitrogens with one attached hydrogen (secondary N) is 1. The van der Waals surface area contributed by atoms with Crippen molar-refractivity contribution in [3.8, 4) is 6.07 Å². The minimum Gasteiger partial charge on any atom is -0.392 e. The molecule has 1 aliphatic rings. The van der Waals surface area contributed by atoms with E-state index in [0.717, 1.165) is 42.4 Å². The molecule has 1 saturated heterocycles. The van der Waals surface area contributed by atoms with Crippen LogP contribution in [0.1, 0.15) is 69.2 Å². The smallest absolute Gasteiger partial charge is 0.199 e. The zero-order chi connectivity index (χ0) is 25.7. The summed E-state index contributed by atoms with van der Waals surface area (Å²) in [5.41, 5.74) is 3.60. The van der Waals surface area contributed by atoms with Gasteiger partial charge in [0.2, 0.25) is 0 Å². The Morgan fingerprint density at radius 3 is 2.53 bits per heavy atom. The van der Waals surface area contributed by atoms with Gasteiger partial charge in [0.05, 0.1) is 28.6 Å². The van der Waals surface area contributed by atoms with Gasteiger partial charge < -0.3 is 19.6 Å². The van der Waals surface area contributed by atoms with Crippen LogP contribution in [-0.4, -0.2) is 45.3 Å². The van der Waals surface area contributed by atoms with E-state index >= 15 is 4.39 Å². The number of halogens is 1. The van der Waals surface area contributed by atoms with Crippen molar-refractivity contribution in [1.82, 2.24) is 14.5 Å². The molecule has 0 bridgehead atoms. The summed E-state index contributed by atoms with van der Waals surface area (Å²) in [6, 6.07) is 9.22. The summed E-state index contributed by atoms with van der Waals surface area (Å²) < 4.78 is 18.6. The van der Waals surface area contributed by atoms with E-state index in [0.29, 0.717) is 46.0 Å². The van der Waals surface area contributed by atoms with Crippen LogP contribution < -0.4 is 5.43 Å². The van der Waals surface area contributed by atoms with Crippen LogP contribution in [0.3, 0.4) is 0 Å². The Morgan fingerprint density at radius 2 is 1.92 bits per heavy atom. The van der Waals surface area contributed by atoms with Gasteiger partial charge in [-0.3, -0.25) is 4.79 Å². The summed E-state index contributed by atoms with van der Waals surface area (Å²) in [7, 11) is 0. The molecule has 4 aromatic rings. The Labute approximate surface area is 209 Å². The molecule has 0 spiro atoms. The van der Waals surface area contributed by atoms with E-state index in [9.17, 15) is 15.2 Å². The van der Waals surface area contributed by atoms with Crippen LogP contribution in [0.5, 0.6) is 0 Å². The number of fused-ring (bicyclic) bond motifs is 4. The van der Waals surface area contributed by atoms with Crippen molar-refractivity contribution in [2.24, 2.45) is 0 Å². The first-order valence-electron chi connectivity index (χ1n) is 12.9. The van der Waals surface area contributed by atoms with Crippen LogP contribution >= 0.6 is 0 Å². The van der Waals surface area contributed by atoms with E-state index in [1.807, 2.05) is 31.4 Å².